The highest BCUT2D eigenvalue weighted by Crippen LogP contribution is 2.23. The Balaban J connectivity index is 2.06. The molecule has 0 bridgehead atoms. The van der Waals surface area contributed by atoms with Gasteiger partial charge in [-0.25, -0.2) is 0 Å². The zero-order chi connectivity index (χ0) is 17.7. The summed E-state index contributed by atoms with van der Waals surface area (Å²) in [6, 6.07) is 12.9. The molecule has 0 saturated heterocycles. The molecular formula is C19H20ClNO3. The summed E-state index contributed by atoms with van der Waals surface area (Å²) in [4.78, 5) is 23.7. The second-order valence-corrected chi connectivity index (χ2v) is 6.30. The SMILES string of the molecule is Cc1cccc(C[C@H](CC(=O)Nc2cccc(Cl)c2C)C(=O)O)c1. The molecule has 126 valence electrons. The number of rotatable bonds is 6. The minimum atomic E-state index is -0.977. The summed E-state index contributed by atoms with van der Waals surface area (Å²) in [5, 5.41) is 12.7. The van der Waals surface area contributed by atoms with E-state index in [4.69, 9.17) is 11.6 Å². The molecule has 0 aromatic heterocycles. The number of carboxylic acid groups (broad SMARTS) is 1. The molecule has 2 N–H and O–H groups in total. The van der Waals surface area contributed by atoms with Gasteiger partial charge in [0.1, 0.15) is 0 Å². The zero-order valence-electron chi connectivity index (χ0n) is 13.7. The molecule has 1 atom stereocenters. The Morgan fingerprint density at radius 3 is 2.54 bits per heavy atom. The van der Waals surface area contributed by atoms with Crippen molar-refractivity contribution in [3.8, 4) is 0 Å². The molecule has 24 heavy (non-hydrogen) atoms. The molecule has 2 aromatic rings. The van der Waals surface area contributed by atoms with Crippen LogP contribution in [0, 0.1) is 19.8 Å². The van der Waals surface area contributed by atoms with Crippen molar-refractivity contribution in [3.63, 3.8) is 0 Å². The van der Waals surface area contributed by atoms with Crippen LogP contribution in [0.25, 0.3) is 0 Å². The lowest BCUT2D eigenvalue weighted by atomic mass is 9.95. The number of benzene rings is 2. The molecule has 1 amide bonds. The Labute approximate surface area is 146 Å². The third-order valence-electron chi connectivity index (χ3n) is 3.89. The lowest BCUT2D eigenvalue weighted by Crippen LogP contribution is -2.24. The second-order valence-electron chi connectivity index (χ2n) is 5.89. The monoisotopic (exact) mass is 345 g/mol. The van der Waals surface area contributed by atoms with Crippen LogP contribution in [-0.4, -0.2) is 17.0 Å². The highest BCUT2D eigenvalue weighted by Gasteiger charge is 2.22. The van der Waals surface area contributed by atoms with Crippen molar-refractivity contribution in [1.29, 1.82) is 0 Å². The zero-order valence-corrected chi connectivity index (χ0v) is 14.4. The smallest absolute Gasteiger partial charge is 0.307 e. The van der Waals surface area contributed by atoms with E-state index < -0.39 is 11.9 Å². The maximum absolute atomic E-state index is 12.2. The molecule has 0 saturated carbocycles. The highest BCUT2D eigenvalue weighted by molar-refractivity contribution is 6.31. The molecule has 2 aromatic carbocycles. The Kier molecular flexibility index (Phi) is 5.99. The number of amides is 1. The van der Waals surface area contributed by atoms with Crippen molar-refractivity contribution in [2.24, 2.45) is 5.92 Å². The summed E-state index contributed by atoms with van der Waals surface area (Å²) in [6.07, 6.45) is 0.230. The van der Waals surface area contributed by atoms with Crippen molar-refractivity contribution >= 4 is 29.2 Å². The molecule has 0 spiro atoms. The number of aryl methyl sites for hydroxylation is 1. The maximum atomic E-state index is 12.2. The van der Waals surface area contributed by atoms with E-state index >= 15 is 0 Å². The molecular weight excluding hydrogens is 326 g/mol. The van der Waals surface area contributed by atoms with Gasteiger partial charge in [-0.3, -0.25) is 9.59 Å². The van der Waals surface area contributed by atoms with Crippen molar-refractivity contribution in [2.45, 2.75) is 26.7 Å². The number of halogens is 1. The van der Waals surface area contributed by atoms with Gasteiger partial charge in [0.05, 0.1) is 5.92 Å². The van der Waals surface area contributed by atoms with Crippen molar-refractivity contribution in [3.05, 3.63) is 64.2 Å². The number of nitrogens with one attached hydrogen (secondary N) is 1. The number of carbonyl (C=O) groups excluding carboxylic acids is 1. The molecule has 5 heteroatoms. The second kappa shape index (κ2) is 7.97. The first-order chi connectivity index (χ1) is 11.4. The standard InChI is InChI=1S/C19H20ClNO3/c1-12-5-3-6-14(9-12)10-15(19(23)24)11-18(22)21-17-8-4-7-16(20)13(17)2/h3-9,15H,10-11H2,1-2H3,(H,21,22)(H,23,24)/t15-/m1/s1. The maximum Gasteiger partial charge on any atom is 0.307 e. The van der Waals surface area contributed by atoms with Gasteiger partial charge in [-0.1, -0.05) is 47.5 Å². The summed E-state index contributed by atoms with van der Waals surface area (Å²) in [5.41, 5.74) is 3.34. The van der Waals surface area contributed by atoms with Crippen LogP contribution in [0.3, 0.4) is 0 Å². The predicted octanol–water partition coefficient (Wildman–Crippen LogP) is 4.23. The van der Waals surface area contributed by atoms with E-state index in [1.165, 1.54) is 0 Å². The van der Waals surface area contributed by atoms with E-state index in [1.807, 2.05) is 31.2 Å². The molecule has 2 rings (SSSR count). The number of anilines is 1. The quantitative estimate of drug-likeness (QED) is 0.823. The van der Waals surface area contributed by atoms with E-state index in [2.05, 4.69) is 5.32 Å². The Morgan fingerprint density at radius 2 is 1.88 bits per heavy atom. The van der Waals surface area contributed by atoms with Gasteiger partial charge in [0, 0.05) is 17.1 Å². The third-order valence-corrected chi connectivity index (χ3v) is 4.30. The number of carboxylic acids is 1. The fourth-order valence-corrected chi connectivity index (χ4v) is 2.71. The van der Waals surface area contributed by atoms with Crippen LogP contribution in [0.2, 0.25) is 5.02 Å². The van der Waals surface area contributed by atoms with E-state index in [0.29, 0.717) is 17.1 Å². The summed E-state index contributed by atoms with van der Waals surface area (Å²) in [7, 11) is 0. The fraction of sp³-hybridized carbons (Fsp3) is 0.263. The summed E-state index contributed by atoms with van der Waals surface area (Å²) in [6.45, 7) is 3.76. The molecule has 0 aliphatic rings. The van der Waals surface area contributed by atoms with Crippen LogP contribution >= 0.6 is 11.6 Å². The van der Waals surface area contributed by atoms with E-state index in [9.17, 15) is 14.7 Å². The molecule has 0 heterocycles. The average molecular weight is 346 g/mol. The Hall–Kier alpha value is -2.33. The van der Waals surface area contributed by atoms with Gasteiger partial charge in [0.15, 0.2) is 0 Å². The van der Waals surface area contributed by atoms with Crippen LogP contribution in [0.15, 0.2) is 42.5 Å². The van der Waals surface area contributed by atoms with Gasteiger partial charge in [-0.15, -0.1) is 0 Å². The van der Waals surface area contributed by atoms with Gasteiger partial charge in [0.25, 0.3) is 0 Å². The highest BCUT2D eigenvalue weighted by atomic mass is 35.5. The van der Waals surface area contributed by atoms with Gasteiger partial charge in [-0.2, -0.15) is 0 Å². The van der Waals surface area contributed by atoms with Crippen LogP contribution in [-0.2, 0) is 16.0 Å². The first kappa shape index (κ1) is 18.0. The van der Waals surface area contributed by atoms with Crippen LogP contribution in [0.4, 0.5) is 5.69 Å². The first-order valence-corrected chi connectivity index (χ1v) is 8.08. The predicted molar refractivity (Wildman–Crippen MR) is 95.4 cm³/mol. The molecule has 0 fully saturated rings. The van der Waals surface area contributed by atoms with Crippen LogP contribution in [0.5, 0.6) is 0 Å². The van der Waals surface area contributed by atoms with Gasteiger partial charge >= 0.3 is 5.97 Å². The average Bonchev–Trinajstić information content (AvgIpc) is 2.51. The van der Waals surface area contributed by atoms with Gasteiger partial charge in [-0.05, 0) is 43.5 Å². The summed E-state index contributed by atoms with van der Waals surface area (Å²) >= 11 is 6.03. The van der Waals surface area contributed by atoms with E-state index in [-0.39, 0.29) is 12.3 Å². The molecule has 4 nitrogen and oxygen atoms in total. The van der Waals surface area contributed by atoms with E-state index in [0.717, 1.165) is 16.7 Å². The summed E-state index contributed by atoms with van der Waals surface area (Å²) < 4.78 is 0. The lowest BCUT2D eigenvalue weighted by molar-refractivity contribution is -0.143. The molecule has 0 aliphatic heterocycles. The van der Waals surface area contributed by atoms with Gasteiger partial charge in [0.2, 0.25) is 5.91 Å². The van der Waals surface area contributed by atoms with Gasteiger partial charge < -0.3 is 10.4 Å². The van der Waals surface area contributed by atoms with Crippen molar-refractivity contribution < 1.29 is 14.7 Å². The van der Waals surface area contributed by atoms with Crippen LogP contribution in [0.1, 0.15) is 23.1 Å². The number of carbonyl (C=O) groups is 2. The minimum absolute atomic E-state index is 0.0881. The number of hydrogen-bond donors (Lipinski definition) is 2. The Bertz CT molecular complexity index is 758. The normalized spacial score (nSPS) is 11.8. The molecule has 0 radical (unpaired) electrons. The van der Waals surface area contributed by atoms with E-state index in [1.54, 1.807) is 25.1 Å². The summed E-state index contributed by atoms with van der Waals surface area (Å²) in [5.74, 6) is -2.08. The number of aliphatic carboxylic acids is 1. The van der Waals surface area contributed by atoms with Crippen molar-refractivity contribution in [2.75, 3.05) is 5.32 Å². The minimum Gasteiger partial charge on any atom is -0.481 e. The Morgan fingerprint density at radius 1 is 1.17 bits per heavy atom. The van der Waals surface area contributed by atoms with Crippen LogP contribution < -0.4 is 5.32 Å². The fourth-order valence-electron chi connectivity index (χ4n) is 2.54. The third kappa shape index (κ3) is 4.83. The molecule has 0 aliphatic carbocycles. The first-order valence-electron chi connectivity index (χ1n) is 7.70. The largest absolute Gasteiger partial charge is 0.481 e. The lowest BCUT2D eigenvalue weighted by Gasteiger charge is -2.14. The topological polar surface area (TPSA) is 66.4 Å². The van der Waals surface area contributed by atoms with Crippen molar-refractivity contribution in [1.82, 2.24) is 0 Å². The molecule has 0 unspecified atom stereocenters. The number of hydrogen-bond acceptors (Lipinski definition) is 2.